The number of carbonyl (C=O) groups is 2. The van der Waals surface area contributed by atoms with Gasteiger partial charge in [0.15, 0.2) is 0 Å². The summed E-state index contributed by atoms with van der Waals surface area (Å²) in [6.07, 6.45) is 17.3. The maximum Gasteiger partial charge on any atom is 0.332 e. The predicted molar refractivity (Wildman–Crippen MR) is 129 cm³/mol. The Hall–Kier alpha value is -1.14. The fraction of sp³-hybridized carbons (Fsp3) is 0.923. The second-order valence-electron chi connectivity index (χ2n) is 9.46. The zero-order valence-corrected chi connectivity index (χ0v) is 21.4. The lowest BCUT2D eigenvalue weighted by Crippen LogP contribution is -2.27. The predicted octanol–water partition coefficient (Wildman–Crippen LogP) is 6.39. The zero-order valence-electron chi connectivity index (χ0n) is 21.4. The fourth-order valence-electron chi connectivity index (χ4n) is 3.32. The van der Waals surface area contributed by atoms with Gasteiger partial charge in [0, 0.05) is 6.42 Å². The molecule has 32 heavy (non-hydrogen) atoms. The normalized spacial score (nSPS) is 11.5. The molecule has 0 aromatic rings. The van der Waals surface area contributed by atoms with E-state index in [1.807, 2.05) is 20.8 Å². The van der Waals surface area contributed by atoms with Crippen LogP contribution in [0.2, 0.25) is 0 Å². The Kier molecular flexibility index (Phi) is 20.9. The van der Waals surface area contributed by atoms with Crippen LogP contribution in [0.15, 0.2) is 0 Å². The summed E-state index contributed by atoms with van der Waals surface area (Å²) in [5, 5.41) is 0. The average Bonchev–Trinajstić information content (AvgIpc) is 2.72. The fourth-order valence-corrected chi connectivity index (χ4v) is 3.32. The van der Waals surface area contributed by atoms with E-state index in [0.717, 1.165) is 12.8 Å². The number of unbranched alkanes of at least 4 members (excludes halogenated alkanes) is 12. The molecule has 0 spiro atoms. The molecule has 0 saturated carbocycles. The summed E-state index contributed by atoms with van der Waals surface area (Å²) in [6, 6.07) is 0. The van der Waals surface area contributed by atoms with Crippen molar-refractivity contribution < 1.29 is 28.5 Å². The quantitative estimate of drug-likeness (QED) is 0.138. The second-order valence-corrected chi connectivity index (χ2v) is 9.46. The van der Waals surface area contributed by atoms with Crippen LogP contribution in [0.1, 0.15) is 118 Å². The minimum Gasteiger partial charge on any atom is -0.463 e. The van der Waals surface area contributed by atoms with Gasteiger partial charge in [0.05, 0.1) is 19.8 Å². The smallest absolute Gasteiger partial charge is 0.332 e. The molecule has 0 aromatic carbocycles. The van der Waals surface area contributed by atoms with Crippen LogP contribution < -0.4 is 0 Å². The van der Waals surface area contributed by atoms with Gasteiger partial charge in [0.1, 0.15) is 18.8 Å². The third-order valence-corrected chi connectivity index (χ3v) is 4.99. The highest BCUT2D eigenvalue weighted by molar-refractivity contribution is 5.71. The van der Waals surface area contributed by atoms with E-state index >= 15 is 0 Å². The van der Waals surface area contributed by atoms with Gasteiger partial charge in [-0.25, -0.2) is 4.79 Å². The molecule has 0 N–H and O–H groups in total. The van der Waals surface area contributed by atoms with Crippen LogP contribution in [0, 0.1) is 0 Å². The van der Waals surface area contributed by atoms with E-state index in [1.165, 1.54) is 70.6 Å². The summed E-state index contributed by atoms with van der Waals surface area (Å²) in [5.41, 5.74) is -0.506. The molecule has 0 radical (unpaired) electrons. The first-order valence-corrected chi connectivity index (χ1v) is 12.9. The van der Waals surface area contributed by atoms with E-state index in [4.69, 9.17) is 18.9 Å². The van der Waals surface area contributed by atoms with Gasteiger partial charge >= 0.3 is 11.9 Å². The van der Waals surface area contributed by atoms with Gasteiger partial charge in [-0.3, -0.25) is 4.79 Å². The Labute approximate surface area is 197 Å². The third kappa shape index (κ3) is 25.1. The number of hydrogen-bond acceptors (Lipinski definition) is 6. The van der Waals surface area contributed by atoms with Gasteiger partial charge in [-0.1, -0.05) is 84.0 Å². The van der Waals surface area contributed by atoms with Gasteiger partial charge in [0.2, 0.25) is 0 Å². The molecule has 0 aliphatic heterocycles. The molecule has 0 bridgehead atoms. The van der Waals surface area contributed by atoms with Crippen molar-refractivity contribution in [1.82, 2.24) is 0 Å². The molecule has 0 amide bonds. The molecule has 190 valence electrons. The molecule has 0 aromatic heterocycles. The van der Waals surface area contributed by atoms with Crippen LogP contribution >= 0.6 is 0 Å². The molecule has 0 aliphatic rings. The zero-order chi connectivity index (χ0) is 23.9. The van der Waals surface area contributed by atoms with Gasteiger partial charge < -0.3 is 18.9 Å². The maximum atomic E-state index is 11.7. The number of rotatable bonds is 22. The second kappa shape index (κ2) is 21.7. The Morgan fingerprint density at radius 2 is 1.06 bits per heavy atom. The van der Waals surface area contributed by atoms with Gasteiger partial charge in [-0.2, -0.15) is 0 Å². The van der Waals surface area contributed by atoms with E-state index in [0.29, 0.717) is 26.2 Å². The van der Waals surface area contributed by atoms with Crippen LogP contribution in [0.4, 0.5) is 0 Å². The Bertz CT molecular complexity index is 444. The average molecular weight is 459 g/mol. The molecule has 0 heterocycles. The van der Waals surface area contributed by atoms with Crippen molar-refractivity contribution in [2.45, 2.75) is 123 Å². The van der Waals surface area contributed by atoms with E-state index in [-0.39, 0.29) is 25.2 Å². The molecule has 0 unspecified atom stereocenters. The lowest BCUT2D eigenvalue weighted by Gasteiger charge is -2.19. The van der Waals surface area contributed by atoms with E-state index in [9.17, 15) is 9.59 Å². The first-order valence-electron chi connectivity index (χ1n) is 12.9. The molecule has 0 saturated heterocycles. The number of carbonyl (C=O) groups excluding carboxylic acids is 2. The molecule has 0 rings (SSSR count). The SMILES string of the molecule is CCCCCCCCCCCCCCCC(=O)OCCOCCOCC(=O)OC(C)(C)C. The summed E-state index contributed by atoms with van der Waals surface area (Å²) in [5.74, 6) is -0.544. The molecule has 0 atom stereocenters. The first-order chi connectivity index (χ1) is 15.3. The topological polar surface area (TPSA) is 71.1 Å². The summed E-state index contributed by atoms with van der Waals surface area (Å²) in [6.45, 7) is 8.84. The van der Waals surface area contributed by atoms with Crippen molar-refractivity contribution in [3.63, 3.8) is 0 Å². The van der Waals surface area contributed by atoms with Crippen LogP contribution in [-0.2, 0) is 28.5 Å². The number of hydrogen-bond donors (Lipinski definition) is 0. The Morgan fingerprint density at radius 1 is 0.594 bits per heavy atom. The van der Waals surface area contributed by atoms with Crippen molar-refractivity contribution in [3.05, 3.63) is 0 Å². The minimum absolute atomic E-state index is 0.0886. The number of esters is 2. The van der Waals surface area contributed by atoms with E-state index in [2.05, 4.69) is 6.92 Å². The summed E-state index contributed by atoms with van der Waals surface area (Å²) >= 11 is 0. The van der Waals surface area contributed by atoms with E-state index < -0.39 is 5.60 Å². The largest absolute Gasteiger partial charge is 0.463 e. The molecular weight excluding hydrogens is 408 g/mol. The molecular formula is C26H50O6. The van der Waals surface area contributed by atoms with Crippen molar-refractivity contribution in [2.75, 3.05) is 33.0 Å². The third-order valence-electron chi connectivity index (χ3n) is 4.99. The van der Waals surface area contributed by atoms with Crippen LogP contribution in [0.25, 0.3) is 0 Å². The van der Waals surface area contributed by atoms with Crippen molar-refractivity contribution in [1.29, 1.82) is 0 Å². The highest BCUT2D eigenvalue weighted by atomic mass is 16.6. The van der Waals surface area contributed by atoms with Crippen molar-refractivity contribution in [3.8, 4) is 0 Å². The minimum atomic E-state index is -0.506. The number of ether oxygens (including phenoxy) is 4. The van der Waals surface area contributed by atoms with Crippen molar-refractivity contribution >= 4 is 11.9 Å². The summed E-state index contributed by atoms with van der Waals surface area (Å²) in [4.78, 5) is 23.2. The molecule has 6 heteroatoms. The highest BCUT2D eigenvalue weighted by Crippen LogP contribution is 2.13. The molecule has 0 aliphatic carbocycles. The summed E-state index contributed by atoms with van der Waals surface area (Å²) in [7, 11) is 0. The van der Waals surface area contributed by atoms with Gasteiger partial charge in [-0.15, -0.1) is 0 Å². The van der Waals surface area contributed by atoms with Crippen molar-refractivity contribution in [2.24, 2.45) is 0 Å². The van der Waals surface area contributed by atoms with Crippen LogP contribution in [-0.4, -0.2) is 50.6 Å². The van der Waals surface area contributed by atoms with Crippen LogP contribution in [0.3, 0.4) is 0 Å². The highest BCUT2D eigenvalue weighted by Gasteiger charge is 2.15. The molecule has 0 fully saturated rings. The van der Waals surface area contributed by atoms with Gasteiger partial charge in [0.25, 0.3) is 0 Å². The first kappa shape index (κ1) is 30.9. The van der Waals surface area contributed by atoms with Gasteiger partial charge in [-0.05, 0) is 27.2 Å². The van der Waals surface area contributed by atoms with E-state index in [1.54, 1.807) is 0 Å². The van der Waals surface area contributed by atoms with Crippen LogP contribution in [0.5, 0.6) is 0 Å². The Balaban J connectivity index is 3.27. The monoisotopic (exact) mass is 458 g/mol. The summed E-state index contributed by atoms with van der Waals surface area (Å²) < 4.78 is 20.8. The maximum absolute atomic E-state index is 11.7. The Morgan fingerprint density at radius 3 is 1.59 bits per heavy atom. The molecule has 6 nitrogen and oxygen atoms in total. The standard InChI is InChI=1S/C26H50O6/c1-5-6-7-8-9-10-11-12-13-14-15-16-17-18-24(27)31-22-21-29-19-20-30-23-25(28)32-26(2,3)4/h5-23H2,1-4H3. The lowest BCUT2D eigenvalue weighted by atomic mass is 10.0. The lowest BCUT2D eigenvalue weighted by molar-refractivity contribution is -0.161.